The fourth-order valence-electron chi connectivity index (χ4n) is 1.94. The number of cyclic esters (lactones) is 1. The van der Waals surface area contributed by atoms with Gasteiger partial charge in [0.25, 0.3) is 0 Å². The Bertz CT molecular complexity index is 537. The Balaban J connectivity index is 1.89. The molecule has 0 saturated carbocycles. The second-order valence-electron chi connectivity index (χ2n) is 4.05. The summed E-state index contributed by atoms with van der Waals surface area (Å²) in [6.45, 7) is 0.662. The van der Waals surface area contributed by atoms with Gasteiger partial charge in [-0.25, -0.2) is 4.79 Å². The molecule has 2 heterocycles. The van der Waals surface area contributed by atoms with Crippen molar-refractivity contribution in [3.8, 4) is 17.6 Å². The third kappa shape index (κ3) is 1.70. The highest BCUT2D eigenvalue weighted by Gasteiger charge is 2.29. The first-order chi connectivity index (χ1) is 8.78. The minimum absolute atomic E-state index is 0.149. The van der Waals surface area contributed by atoms with Gasteiger partial charge in [-0.1, -0.05) is 0 Å². The van der Waals surface area contributed by atoms with Gasteiger partial charge in [0.05, 0.1) is 17.7 Å². The van der Waals surface area contributed by atoms with E-state index in [-0.39, 0.29) is 19.3 Å². The number of fused-ring (bicyclic) bond motifs is 1. The van der Waals surface area contributed by atoms with Crippen molar-refractivity contribution in [2.45, 2.75) is 0 Å². The van der Waals surface area contributed by atoms with E-state index in [1.165, 1.54) is 4.90 Å². The minimum atomic E-state index is -0.444. The van der Waals surface area contributed by atoms with Crippen LogP contribution in [0.25, 0.3) is 0 Å². The number of benzene rings is 1. The summed E-state index contributed by atoms with van der Waals surface area (Å²) >= 11 is 0. The number of anilines is 1. The number of amides is 1. The maximum absolute atomic E-state index is 11.7. The largest absolute Gasteiger partial charge is 0.454 e. The fraction of sp³-hybridized carbons (Fsp3) is 0.333. The van der Waals surface area contributed by atoms with Crippen LogP contribution < -0.4 is 14.4 Å². The van der Waals surface area contributed by atoms with Crippen LogP contribution in [-0.2, 0) is 4.74 Å². The molecule has 1 aromatic carbocycles. The van der Waals surface area contributed by atoms with Gasteiger partial charge in [0.15, 0.2) is 11.5 Å². The monoisotopic (exact) mass is 246 g/mol. The molecule has 0 N–H and O–H groups in total. The summed E-state index contributed by atoms with van der Waals surface area (Å²) in [6.07, 6.45) is -0.444. The summed E-state index contributed by atoms with van der Waals surface area (Å²) in [5.74, 6) is 0.938. The lowest BCUT2D eigenvalue weighted by Gasteiger charge is -2.29. The number of hydrogen-bond acceptors (Lipinski definition) is 5. The molecule has 2 aliphatic rings. The molecule has 3 rings (SSSR count). The van der Waals surface area contributed by atoms with E-state index >= 15 is 0 Å². The second kappa shape index (κ2) is 4.11. The smallest absolute Gasteiger partial charge is 0.414 e. The topological polar surface area (TPSA) is 71.8 Å². The standard InChI is InChI=1S/C12H10N2O4/c13-4-8-5-14(12(15)16-6-8)9-1-2-10-11(3-9)18-7-17-10/h1-3,8H,5-7H2. The highest BCUT2D eigenvalue weighted by atomic mass is 16.7. The quantitative estimate of drug-likeness (QED) is 0.751. The first-order valence-corrected chi connectivity index (χ1v) is 5.51. The Morgan fingerprint density at radius 3 is 2.94 bits per heavy atom. The predicted molar refractivity (Wildman–Crippen MR) is 60.4 cm³/mol. The number of carbonyl (C=O) groups excluding carboxylic acids is 1. The minimum Gasteiger partial charge on any atom is -0.454 e. The van der Waals surface area contributed by atoms with Crippen molar-refractivity contribution in [2.24, 2.45) is 5.92 Å². The highest BCUT2D eigenvalue weighted by Crippen LogP contribution is 2.36. The van der Waals surface area contributed by atoms with E-state index < -0.39 is 6.09 Å². The molecule has 0 aliphatic carbocycles. The number of nitrogens with zero attached hydrogens (tertiary/aromatic N) is 2. The Hall–Kier alpha value is -2.42. The van der Waals surface area contributed by atoms with Crippen LogP contribution in [0.1, 0.15) is 0 Å². The van der Waals surface area contributed by atoms with E-state index in [1.54, 1.807) is 18.2 Å². The zero-order valence-corrected chi connectivity index (χ0v) is 9.46. The average molecular weight is 246 g/mol. The van der Waals surface area contributed by atoms with Gasteiger partial charge in [-0.3, -0.25) is 4.90 Å². The van der Waals surface area contributed by atoms with E-state index in [9.17, 15) is 4.79 Å². The highest BCUT2D eigenvalue weighted by molar-refractivity contribution is 5.89. The molecule has 18 heavy (non-hydrogen) atoms. The zero-order chi connectivity index (χ0) is 12.5. The number of hydrogen-bond donors (Lipinski definition) is 0. The molecular formula is C12H10N2O4. The molecule has 1 aromatic rings. The Labute approximate surface area is 103 Å². The van der Waals surface area contributed by atoms with Crippen molar-refractivity contribution in [1.82, 2.24) is 0 Å². The molecule has 0 aromatic heterocycles. The molecule has 6 heteroatoms. The molecule has 0 radical (unpaired) electrons. The number of nitriles is 1. The Kier molecular flexibility index (Phi) is 2.45. The molecule has 0 bridgehead atoms. The van der Waals surface area contributed by atoms with Gasteiger partial charge in [-0.15, -0.1) is 0 Å². The SMILES string of the molecule is N#CC1COC(=O)N(c2ccc3c(c2)OCO3)C1. The van der Waals surface area contributed by atoms with Gasteiger partial charge in [0.1, 0.15) is 6.61 Å². The van der Waals surface area contributed by atoms with E-state index in [1.807, 2.05) is 0 Å². The van der Waals surface area contributed by atoms with Gasteiger partial charge >= 0.3 is 6.09 Å². The van der Waals surface area contributed by atoms with Gasteiger partial charge < -0.3 is 14.2 Å². The van der Waals surface area contributed by atoms with Crippen LogP contribution in [0.4, 0.5) is 10.5 Å². The van der Waals surface area contributed by atoms with E-state index in [0.29, 0.717) is 23.7 Å². The molecule has 2 aliphatic heterocycles. The van der Waals surface area contributed by atoms with Crippen molar-refractivity contribution in [1.29, 1.82) is 5.26 Å². The summed E-state index contributed by atoms with van der Waals surface area (Å²) in [5, 5.41) is 8.88. The maximum Gasteiger partial charge on any atom is 0.414 e. The van der Waals surface area contributed by atoms with E-state index in [0.717, 1.165) is 0 Å². The van der Waals surface area contributed by atoms with Crippen molar-refractivity contribution in [3.05, 3.63) is 18.2 Å². The molecule has 1 unspecified atom stereocenters. The summed E-state index contributed by atoms with van der Waals surface area (Å²) in [7, 11) is 0. The van der Waals surface area contributed by atoms with Gasteiger partial charge in [-0.05, 0) is 12.1 Å². The molecule has 1 fully saturated rings. The van der Waals surface area contributed by atoms with Crippen molar-refractivity contribution >= 4 is 11.8 Å². The normalized spacial score (nSPS) is 21.4. The third-order valence-corrected chi connectivity index (χ3v) is 2.88. The first kappa shape index (κ1) is 10.7. The van der Waals surface area contributed by atoms with Crippen LogP contribution >= 0.6 is 0 Å². The number of rotatable bonds is 1. The molecule has 0 spiro atoms. The zero-order valence-electron chi connectivity index (χ0n) is 9.46. The molecule has 1 amide bonds. The molecule has 92 valence electrons. The maximum atomic E-state index is 11.7. The number of ether oxygens (including phenoxy) is 3. The average Bonchev–Trinajstić information content (AvgIpc) is 2.86. The molecule has 6 nitrogen and oxygen atoms in total. The second-order valence-corrected chi connectivity index (χ2v) is 4.05. The van der Waals surface area contributed by atoms with Crippen LogP contribution in [0, 0.1) is 17.2 Å². The van der Waals surface area contributed by atoms with Crippen LogP contribution in [0.5, 0.6) is 11.5 Å². The lowest BCUT2D eigenvalue weighted by molar-refractivity contribution is 0.127. The Morgan fingerprint density at radius 1 is 1.28 bits per heavy atom. The van der Waals surface area contributed by atoms with E-state index in [4.69, 9.17) is 19.5 Å². The van der Waals surface area contributed by atoms with Crippen molar-refractivity contribution in [2.75, 3.05) is 24.8 Å². The van der Waals surface area contributed by atoms with Crippen LogP contribution in [0.2, 0.25) is 0 Å². The van der Waals surface area contributed by atoms with Crippen LogP contribution in [0.15, 0.2) is 18.2 Å². The molecule has 1 saturated heterocycles. The van der Waals surface area contributed by atoms with Gasteiger partial charge in [0.2, 0.25) is 6.79 Å². The third-order valence-electron chi connectivity index (χ3n) is 2.88. The molecule has 1 atom stereocenters. The number of carbonyl (C=O) groups is 1. The lowest BCUT2D eigenvalue weighted by Crippen LogP contribution is -2.42. The van der Waals surface area contributed by atoms with Gasteiger partial charge in [0, 0.05) is 12.6 Å². The summed E-state index contributed by atoms with van der Waals surface area (Å²) < 4.78 is 15.4. The predicted octanol–water partition coefficient (Wildman–Crippen LogP) is 1.51. The van der Waals surface area contributed by atoms with Gasteiger partial charge in [-0.2, -0.15) is 5.26 Å². The van der Waals surface area contributed by atoms with Crippen molar-refractivity contribution in [3.63, 3.8) is 0 Å². The lowest BCUT2D eigenvalue weighted by atomic mass is 10.1. The van der Waals surface area contributed by atoms with Crippen LogP contribution in [0.3, 0.4) is 0 Å². The van der Waals surface area contributed by atoms with Crippen molar-refractivity contribution < 1.29 is 19.0 Å². The van der Waals surface area contributed by atoms with Crippen LogP contribution in [-0.4, -0.2) is 26.0 Å². The molecular weight excluding hydrogens is 236 g/mol. The summed E-state index contributed by atoms with van der Waals surface area (Å²) in [4.78, 5) is 13.1. The van der Waals surface area contributed by atoms with E-state index in [2.05, 4.69) is 6.07 Å². The summed E-state index contributed by atoms with van der Waals surface area (Å²) in [5.41, 5.74) is 0.643. The summed E-state index contributed by atoms with van der Waals surface area (Å²) in [6, 6.07) is 7.29. The first-order valence-electron chi connectivity index (χ1n) is 5.51. The fourth-order valence-corrected chi connectivity index (χ4v) is 1.94. The Morgan fingerprint density at radius 2 is 2.11 bits per heavy atom.